The third-order valence-electron chi connectivity index (χ3n) is 6.92. The molecule has 2 aromatic heterocycles. The molecule has 0 radical (unpaired) electrons. The molecular formula is C28H30N4O5S2. The summed E-state index contributed by atoms with van der Waals surface area (Å²) in [4.78, 5) is 24.9. The summed E-state index contributed by atoms with van der Waals surface area (Å²) in [6, 6.07) is 14.2. The van der Waals surface area contributed by atoms with Crippen LogP contribution >= 0.6 is 11.3 Å². The number of sulfonamides is 1. The molecule has 0 N–H and O–H groups in total. The molecule has 11 heteroatoms. The number of anilines is 1. The fraction of sp³-hybridized carbons (Fsp3) is 0.321. The summed E-state index contributed by atoms with van der Waals surface area (Å²) in [6.07, 6.45) is 4.26. The number of amides is 1. The van der Waals surface area contributed by atoms with Gasteiger partial charge in [-0.1, -0.05) is 35.1 Å². The van der Waals surface area contributed by atoms with Crippen molar-refractivity contribution in [2.24, 2.45) is 5.92 Å². The zero-order valence-corrected chi connectivity index (χ0v) is 23.7. The Morgan fingerprint density at radius 3 is 2.38 bits per heavy atom. The first kappa shape index (κ1) is 27.0. The highest BCUT2D eigenvalue weighted by molar-refractivity contribution is 7.89. The molecule has 1 amide bonds. The van der Waals surface area contributed by atoms with E-state index in [1.165, 1.54) is 15.6 Å². The van der Waals surface area contributed by atoms with Gasteiger partial charge in [-0.25, -0.2) is 13.4 Å². The number of pyridine rings is 1. The fourth-order valence-corrected chi connectivity index (χ4v) is 7.28. The van der Waals surface area contributed by atoms with E-state index < -0.39 is 10.0 Å². The molecule has 0 atom stereocenters. The highest BCUT2D eigenvalue weighted by atomic mass is 32.2. The molecule has 0 saturated carbocycles. The van der Waals surface area contributed by atoms with Crippen LogP contribution in [-0.2, 0) is 21.4 Å². The smallest absolute Gasteiger partial charge is 0.243 e. The lowest BCUT2D eigenvalue weighted by Gasteiger charge is -2.33. The minimum atomic E-state index is -3.62. The van der Waals surface area contributed by atoms with Crippen LogP contribution in [0.2, 0.25) is 0 Å². The van der Waals surface area contributed by atoms with Gasteiger partial charge in [0.05, 0.1) is 25.7 Å². The first-order valence-electron chi connectivity index (χ1n) is 12.6. The highest BCUT2D eigenvalue weighted by Gasteiger charge is 2.35. The Hall–Kier alpha value is -3.54. The number of benzene rings is 2. The number of thiazole rings is 1. The van der Waals surface area contributed by atoms with Crippen LogP contribution in [0.5, 0.6) is 11.5 Å². The van der Waals surface area contributed by atoms with Gasteiger partial charge in [0.1, 0.15) is 21.7 Å². The summed E-state index contributed by atoms with van der Waals surface area (Å²) in [5, 5.41) is 0.524. The van der Waals surface area contributed by atoms with Crippen molar-refractivity contribution in [1.29, 1.82) is 0 Å². The van der Waals surface area contributed by atoms with E-state index >= 15 is 0 Å². The Labute approximate surface area is 232 Å². The van der Waals surface area contributed by atoms with Crippen molar-refractivity contribution in [2.45, 2.75) is 31.2 Å². The monoisotopic (exact) mass is 566 g/mol. The Balaban J connectivity index is 1.42. The third kappa shape index (κ3) is 5.47. The third-order valence-corrected chi connectivity index (χ3v) is 9.93. The van der Waals surface area contributed by atoms with E-state index in [2.05, 4.69) is 4.98 Å². The second kappa shape index (κ2) is 11.3. The van der Waals surface area contributed by atoms with Crippen molar-refractivity contribution in [3.63, 3.8) is 0 Å². The van der Waals surface area contributed by atoms with Gasteiger partial charge in [-0.2, -0.15) is 4.31 Å². The van der Waals surface area contributed by atoms with E-state index in [9.17, 15) is 13.2 Å². The number of hydrogen-bond donors (Lipinski definition) is 0. The fourth-order valence-electron chi connectivity index (χ4n) is 4.73. The molecule has 5 rings (SSSR count). The average Bonchev–Trinajstić information content (AvgIpc) is 3.41. The highest BCUT2D eigenvalue weighted by Crippen LogP contribution is 2.41. The number of carbonyl (C=O) groups is 1. The molecule has 0 bridgehead atoms. The minimum Gasteiger partial charge on any atom is -0.495 e. The van der Waals surface area contributed by atoms with E-state index in [1.807, 2.05) is 25.1 Å². The summed E-state index contributed by atoms with van der Waals surface area (Å²) in [7, 11) is -0.444. The maximum Gasteiger partial charge on any atom is 0.243 e. The molecule has 9 nitrogen and oxygen atoms in total. The van der Waals surface area contributed by atoms with Crippen LogP contribution in [-0.4, -0.2) is 55.9 Å². The SMILES string of the molecule is COc1ccc(OC)c2sc(N(Cc3cccnc3)C(=O)C3CCN(S(=O)(=O)c4ccc(C)cc4)CC3)nc12. The number of hydrogen-bond acceptors (Lipinski definition) is 8. The number of aryl methyl sites for hydroxylation is 1. The normalized spacial score (nSPS) is 14.8. The molecule has 0 spiro atoms. The molecule has 3 heterocycles. The van der Waals surface area contributed by atoms with E-state index in [-0.39, 0.29) is 29.8 Å². The minimum absolute atomic E-state index is 0.0942. The van der Waals surface area contributed by atoms with E-state index in [4.69, 9.17) is 14.5 Å². The first-order valence-corrected chi connectivity index (χ1v) is 14.9. The number of carbonyl (C=O) groups excluding carboxylic acids is 1. The Morgan fingerprint density at radius 2 is 1.74 bits per heavy atom. The van der Waals surface area contributed by atoms with Crippen LogP contribution in [0, 0.1) is 12.8 Å². The first-order chi connectivity index (χ1) is 18.8. The summed E-state index contributed by atoms with van der Waals surface area (Å²) >= 11 is 1.36. The molecule has 0 aliphatic carbocycles. The number of nitrogens with zero attached hydrogens (tertiary/aromatic N) is 4. The van der Waals surface area contributed by atoms with Gasteiger partial charge in [-0.15, -0.1) is 0 Å². The summed E-state index contributed by atoms with van der Waals surface area (Å²) in [5.74, 6) is 0.805. The van der Waals surface area contributed by atoms with Gasteiger partial charge in [-0.3, -0.25) is 14.7 Å². The molecule has 1 saturated heterocycles. The van der Waals surface area contributed by atoms with E-state index in [0.717, 1.165) is 15.8 Å². The van der Waals surface area contributed by atoms with Crippen molar-refractivity contribution in [1.82, 2.24) is 14.3 Å². The molecule has 1 fully saturated rings. The van der Waals surface area contributed by atoms with E-state index in [1.54, 1.807) is 61.8 Å². The zero-order chi connectivity index (χ0) is 27.6. The maximum atomic E-state index is 14.0. The molecule has 2 aromatic carbocycles. The number of aromatic nitrogens is 2. The van der Waals surface area contributed by atoms with Crippen LogP contribution in [0.1, 0.15) is 24.0 Å². The van der Waals surface area contributed by atoms with Crippen LogP contribution < -0.4 is 14.4 Å². The number of ether oxygens (including phenoxy) is 2. The van der Waals surface area contributed by atoms with Gasteiger partial charge >= 0.3 is 0 Å². The molecule has 204 valence electrons. The van der Waals surface area contributed by atoms with Crippen LogP contribution in [0.15, 0.2) is 65.8 Å². The van der Waals surface area contributed by atoms with Gasteiger partial charge < -0.3 is 9.47 Å². The van der Waals surface area contributed by atoms with Crippen LogP contribution in [0.25, 0.3) is 10.2 Å². The van der Waals surface area contributed by atoms with E-state index in [0.29, 0.717) is 41.5 Å². The summed E-state index contributed by atoms with van der Waals surface area (Å²) < 4.78 is 39.7. The van der Waals surface area contributed by atoms with Gasteiger partial charge in [0.2, 0.25) is 15.9 Å². The number of fused-ring (bicyclic) bond motifs is 1. The van der Waals surface area contributed by atoms with Gasteiger partial charge in [-0.05, 0) is 55.7 Å². The molecule has 4 aromatic rings. The van der Waals surface area contributed by atoms with Crippen molar-refractivity contribution < 1.29 is 22.7 Å². The Kier molecular flexibility index (Phi) is 7.83. The zero-order valence-electron chi connectivity index (χ0n) is 22.0. The molecule has 1 aliphatic heterocycles. The predicted octanol–water partition coefficient (Wildman–Crippen LogP) is 4.65. The lowest BCUT2D eigenvalue weighted by atomic mass is 9.96. The van der Waals surface area contributed by atoms with Gasteiger partial charge in [0.25, 0.3) is 0 Å². The second-order valence-corrected chi connectivity index (χ2v) is 12.3. The van der Waals surface area contributed by atoms with Crippen LogP contribution in [0.4, 0.5) is 5.13 Å². The number of rotatable bonds is 8. The number of piperidine rings is 1. The van der Waals surface area contributed by atoms with Gasteiger partial charge in [0.15, 0.2) is 5.13 Å². The Morgan fingerprint density at radius 1 is 1.05 bits per heavy atom. The van der Waals surface area contributed by atoms with Crippen molar-refractivity contribution in [2.75, 3.05) is 32.2 Å². The quantitative estimate of drug-likeness (QED) is 0.306. The van der Waals surface area contributed by atoms with Crippen LogP contribution in [0.3, 0.4) is 0 Å². The summed E-state index contributed by atoms with van der Waals surface area (Å²) in [6.45, 7) is 2.76. The topological polar surface area (TPSA) is 102 Å². The number of methoxy groups -OCH3 is 2. The predicted molar refractivity (Wildman–Crippen MR) is 151 cm³/mol. The summed E-state index contributed by atoms with van der Waals surface area (Å²) in [5.41, 5.74) is 2.49. The van der Waals surface area contributed by atoms with Crippen molar-refractivity contribution in [3.05, 3.63) is 72.1 Å². The second-order valence-electron chi connectivity index (χ2n) is 9.42. The van der Waals surface area contributed by atoms with Crippen molar-refractivity contribution >= 4 is 42.6 Å². The lowest BCUT2D eigenvalue weighted by molar-refractivity contribution is -0.123. The Bertz CT molecular complexity index is 1520. The molecular weight excluding hydrogens is 536 g/mol. The van der Waals surface area contributed by atoms with Crippen molar-refractivity contribution in [3.8, 4) is 11.5 Å². The standard InChI is InChI=1S/C28H30N4O5S2/c1-19-6-8-22(9-7-19)39(34,35)31-15-12-21(13-16-31)27(33)32(18-20-5-4-14-29-17-20)28-30-25-23(36-2)10-11-24(37-3)26(25)38-28/h4-11,14,17,21H,12-13,15-16,18H2,1-3H3. The molecule has 39 heavy (non-hydrogen) atoms. The van der Waals surface area contributed by atoms with Gasteiger partial charge in [0, 0.05) is 31.4 Å². The largest absolute Gasteiger partial charge is 0.495 e. The molecule has 1 aliphatic rings. The molecule has 0 unspecified atom stereocenters. The maximum absolute atomic E-state index is 14.0. The lowest BCUT2D eigenvalue weighted by Crippen LogP contribution is -2.44. The average molecular weight is 567 g/mol.